The molecule has 0 aliphatic heterocycles. The summed E-state index contributed by atoms with van der Waals surface area (Å²) < 4.78 is 13.4. The summed E-state index contributed by atoms with van der Waals surface area (Å²) >= 11 is 6.40. The van der Waals surface area contributed by atoms with Gasteiger partial charge in [-0.05, 0) is 43.7 Å². The van der Waals surface area contributed by atoms with Crippen LogP contribution in [0.1, 0.15) is 11.3 Å². The number of hydrogen-bond donors (Lipinski definition) is 0. The van der Waals surface area contributed by atoms with Gasteiger partial charge in [0.2, 0.25) is 0 Å². The van der Waals surface area contributed by atoms with Crippen LogP contribution in [0.2, 0.25) is 5.02 Å². The van der Waals surface area contributed by atoms with Crippen molar-refractivity contribution in [2.45, 2.75) is 13.8 Å². The molecule has 3 rings (SSSR count). The number of fused-ring (bicyclic) bond motifs is 1. The molecule has 0 saturated heterocycles. The van der Waals surface area contributed by atoms with Crippen LogP contribution >= 0.6 is 11.6 Å². The van der Waals surface area contributed by atoms with Crippen LogP contribution in [0.3, 0.4) is 0 Å². The van der Waals surface area contributed by atoms with Crippen LogP contribution in [0.5, 0.6) is 0 Å². The van der Waals surface area contributed by atoms with Gasteiger partial charge in [-0.2, -0.15) is 0 Å². The average Bonchev–Trinajstić information content (AvgIpc) is 2.43. The summed E-state index contributed by atoms with van der Waals surface area (Å²) in [6.07, 6.45) is 1.73. The van der Waals surface area contributed by atoms with Gasteiger partial charge in [-0.1, -0.05) is 11.6 Å². The highest BCUT2D eigenvalue weighted by atomic mass is 35.5. The monoisotopic (exact) mass is 286 g/mol. The van der Waals surface area contributed by atoms with E-state index in [1.165, 1.54) is 12.1 Å². The van der Waals surface area contributed by atoms with E-state index in [1.54, 1.807) is 12.3 Å². The zero-order chi connectivity index (χ0) is 14.3. The van der Waals surface area contributed by atoms with Gasteiger partial charge in [0.15, 0.2) is 0 Å². The molecule has 0 aliphatic rings. The Morgan fingerprint density at radius 1 is 1.15 bits per heavy atom. The number of nitrogens with zero attached hydrogens (tertiary/aromatic N) is 2. The summed E-state index contributed by atoms with van der Waals surface area (Å²) in [4.78, 5) is 8.83. The fraction of sp³-hybridized carbons (Fsp3) is 0.125. The van der Waals surface area contributed by atoms with E-state index >= 15 is 0 Å². The number of aromatic nitrogens is 2. The van der Waals surface area contributed by atoms with Crippen LogP contribution in [-0.2, 0) is 0 Å². The van der Waals surface area contributed by atoms with Crippen LogP contribution in [0.15, 0.2) is 36.5 Å². The van der Waals surface area contributed by atoms with Gasteiger partial charge < -0.3 is 0 Å². The maximum atomic E-state index is 13.4. The molecule has 3 aromatic rings. The van der Waals surface area contributed by atoms with Crippen LogP contribution in [0.25, 0.3) is 22.2 Å². The molecule has 100 valence electrons. The first-order chi connectivity index (χ1) is 9.58. The summed E-state index contributed by atoms with van der Waals surface area (Å²) in [5.74, 6) is -0.321. The minimum atomic E-state index is -0.321. The molecule has 0 spiro atoms. The molecule has 0 radical (unpaired) electrons. The van der Waals surface area contributed by atoms with Crippen molar-refractivity contribution in [1.29, 1.82) is 0 Å². The average molecular weight is 287 g/mol. The second-order valence-corrected chi connectivity index (χ2v) is 5.08. The highest BCUT2D eigenvalue weighted by Gasteiger charge is 2.14. The Morgan fingerprint density at radius 3 is 2.70 bits per heavy atom. The first-order valence-electron chi connectivity index (χ1n) is 6.25. The number of hydrogen-bond acceptors (Lipinski definition) is 2. The third-order valence-electron chi connectivity index (χ3n) is 3.37. The highest BCUT2D eigenvalue weighted by molar-refractivity contribution is 6.36. The number of halogens is 2. The van der Waals surface area contributed by atoms with Crippen molar-refractivity contribution in [3.8, 4) is 11.3 Å². The SMILES string of the molecule is Cc1ncccc1-c1nc2cc(F)ccc2c(Cl)c1C. The van der Waals surface area contributed by atoms with E-state index in [4.69, 9.17) is 11.6 Å². The van der Waals surface area contributed by atoms with Gasteiger partial charge in [0.25, 0.3) is 0 Å². The Hall–Kier alpha value is -2.00. The quantitative estimate of drug-likeness (QED) is 0.647. The minimum Gasteiger partial charge on any atom is -0.261 e. The molecule has 0 aliphatic carbocycles. The molecular weight excluding hydrogens is 275 g/mol. The lowest BCUT2D eigenvalue weighted by atomic mass is 10.0. The van der Waals surface area contributed by atoms with E-state index in [2.05, 4.69) is 9.97 Å². The highest BCUT2D eigenvalue weighted by Crippen LogP contribution is 2.33. The lowest BCUT2D eigenvalue weighted by molar-refractivity contribution is 0.629. The molecule has 4 heteroatoms. The molecule has 2 nitrogen and oxygen atoms in total. The molecule has 0 amide bonds. The van der Waals surface area contributed by atoms with Crippen molar-refractivity contribution < 1.29 is 4.39 Å². The maximum Gasteiger partial charge on any atom is 0.125 e. The zero-order valence-electron chi connectivity index (χ0n) is 11.1. The fourth-order valence-corrected chi connectivity index (χ4v) is 2.54. The minimum absolute atomic E-state index is 0.321. The van der Waals surface area contributed by atoms with E-state index < -0.39 is 0 Å². The van der Waals surface area contributed by atoms with Crippen molar-refractivity contribution in [2.75, 3.05) is 0 Å². The molecule has 0 N–H and O–H groups in total. The molecule has 2 heterocycles. The second-order valence-electron chi connectivity index (χ2n) is 4.70. The Bertz CT molecular complexity index is 815. The molecule has 0 saturated carbocycles. The summed E-state index contributed by atoms with van der Waals surface area (Å²) in [6, 6.07) is 8.25. The summed E-state index contributed by atoms with van der Waals surface area (Å²) in [5.41, 5.74) is 3.97. The van der Waals surface area contributed by atoms with E-state index in [0.29, 0.717) is 10.5 Å². The number of pyridine rings is 2. The largest absolute Gasteiger partial charge is 0.261 e. The topological polar surface area (TPSA) is 25.8 Å². The molecule has 0 bridgehead atoms. The van der Waals surface area contributed by atoms with Gasteiger partial charge in [0.05, 0.1) is 16.2 Å². The van der Waals surface area contributed by atoms with Crippen molar-refractivity contribution in [3.63, 3.8) is 0 Å². The van der Waals surface area contributed by atoms with Gasteiger partial charge in [-0.25, -0.2) is 9.37 Å². The van der Waals surface area contributed by atoms with Crippen LogP contribution in [0.4, 0.5) is 4.39 Å². The summed E-state index contributed by atoms with van der Waals surface area (Å²) in [5, 5.41) is 1.36. The van der Waals surface area contributed by atoms with Crippen molar-refractivity contribution in [1.82, 2.24) is 9.97 Å². The van der Waals surface area contributed by atoms with Gasteiger partial charge >= 0.3 is 0 Å². The normalized spacial score (nSPS) is 11.0. The number of aryl methyl sites for hydroxylation is 1. The van der Waals surface area contributed by atoms with Gasteiger partial charge in [0, 0.05) is 28.9 Å². The van der Waals surface area contributed by atoms with Crippen molar-refractivity contribution in [2.24, 2.45) is 0 Å². The van der Waals surface area contributed by atoms with E-state index in [-0.39, 0.29) is 5.82 Å². The maximum absolute atomic E-state index is 13.4. The lowest BCUT2D eigenvalue weighted by Gasteiger charge is -2.11. The Kier molecular flexibility index (Phi) is 3.14. The molecule has 0 unspecified atom stereocenters. The lowest BCUT2D eigenvalue weighted by Crippen LogP contribution is -1.95. The molecule has 0 fully saturated rings. The predicted octanol–water partition coefficient (Wildman–Crippen LogP) is 4.71. The summed E-state index contributed by atoms with van der Waals surface area (Å²) in [6.45, 7) is 3.83. The molecule has 20 heavy (non-hydrogen) atoms. The third-order valence-corrected chi connectivity index (χ3v) is 3.86. The van der Waals surface area contributed by atoms with E-state index in [1.807, 2.05) is 26.0 Å². The predicted molar refractivity (Wildman–Crippen MR) is 79.4 cm³/mol. The van der Waals surface area contributed by atoms with Crippen LogP contribution in [0, 0.1) is 19.7 Å². The second kappa shape index (κ2) is 4.84. The first kappa shape index (κ1) is 13.0. The van der Waals surface area contributed by atoms with Crippen molar-refractivity contribution in [3.05, 3.63) is 58.6 Å². The van der Waals surface area contributed by atoms with E-state index in [0.717, 1.165) is 27.9 Å². The van der Waals surface area contributed by atoms with Gasteiger partial charge in [-0.15, -0.1) is 0 Å². The smallest absolute Gasteiger partial charge is 0.125 e. The molecule has 1 aromatic carbocycles. The van der Waals surface area contributed by atoms with Gasteiger partial charge in [0.1, 0.15) is 5.82 Å². The Labute approximate surface area is 121 Å². The van der Waals surface area contributed by atoms with Crippen molar-refractivity contribution >= 4 is 22.5 Å². The number of rotatable bonds is 1. The van der Waals surface area contributed by atoms with Crippen LogP contribution in [-0.4, -0.2) is 9.97 Å². The molecule has 0 atom stereocenters. The molecule has 2 aromatic heterocycles. The fourth-order valence-electron chi connectivity index (χ4n) is 2.29. The first-order valence-corrected chi connectivity index (χ1v) is 6.63. The number of benzene rings is 1. The van der Waals surface area contributed by atoms with Gasteiger partial charge in [-0.3, -0.25) is 4.98 Å². The van der Waals surface area contributed by atoms with E-state index in [9.17, 15) is 4.39 Å². The Morgan fingerprint density at radius 2 is 1.95 bits per heavy atom. The third kappa shape index (κ3) is 2.04. The zero-order valence-corrected chi connectivity index (χ0v) is 11.9. The van der Waals surface area contributed by atoms with Crippen LogP contribution < -0.4 is 0 Å². The Balaban J connectivity index is 2.37. The standard InChI is InChI=1S/C16H12ClFN2/c1-9-15(17)13-6-5-11(18)8-14(13)20-16(9)12-4-3-7-19-10(12)2/h3-8H,1-2H3. The molecular formula is C16H12ClFN2. The summed E-state index contributed by atoms with van der Waals surface area (Å²) in [7, 11) is 0.